The van der Waals surface area contributed by atoms with Gasteiger partial charge in [-0.15, -0.1) is 0 Å². The Labute approximate surface area is 116 Å². The zero-order chi connectivity index (χ0) is 14.5. The molecule has 3 nitrogen and oxygen atoms in total. The van der Waals surface area contributed by atoms with Crippen LogP contribution in [0.5, 0.6) is 0 Å². The van der Waals surface area contributed by atoms with E-state index in [4.69, 9.17) is 0 Å². The van der Waals surface area contributed by atoms with Crippen LogP contribution in [0.3, 0.4) is 0 Å². The first kappa shape index (κ1) is 13.9. The highest BCUT2D eigenvalue weighted by atomic mass is 19.4. The third kappa shape index (κ3) is 2.05. The molecule has 0 spiro atoms. The van der Waals surface area contributed by atoms with Crippen LogP contribution in [0.15, 0.2) is 0 Å². The van der Waals surface area contributed by atoms with Gasteiger partial charge in [0.2, 0.25) is 0 Å². The molecule has 1 aliphatic carbocycles. The summed E-state index contributed by atoms with van der Waals surface area (Å²) in [6, 6.07) is 0. The van der Waals surface area contributed by atoms with Gasteiger partial charge in [-0.25, -0.2) is 4.98 Å². The summed E-state index contributed by atoms with van der Waals surface area (Å²) in [4.78, 5) is 4.51. The van der Waals surface area contributed by atoms with E-state index >= 15 is 0 Å². The molecule has 1 aromatic rings. The van der Waals surface area contributed by atoms with Gasteiger partial charge in [0.15, 0.2) is 0 Å². The van der Waals surface area contributed by atoms with E-state index in [9.17, 15) is 13.2 Å². The lowest BCUT2D eigenvalue weighted by atomic mass is 10.1. The van der Waals surface area contributed by atoms with Crippen LogP contribution < -0.4 is 5.32 Å². The third-order valence-electron chi connectivity index (χ3n) is 4.23. The Morgan fingerprint density at radius 1 is 1.35 bits per heavy atom. The highest BCUT2D eigenvalue weighted by Crippen LogP contribution is 2.56. The van der Waals surface area contributed by atoms with Crippen molar-refractivity contribution < 1.29 is 13.2 Å². The van der Waals surface area contributed by atoms with Gasteiger partial charge in [-0.05, 0) is 18.8 Å². The number of rotatable bonds is 3. The zero-order valence-corrected chi connectivity index (χ0v) is 11.8. The fourth-order valence-corrected chi connectivity index (χ4v) is 3.13. The minimum Gasteiger partial charge on any atom is -0.316 e. The number of nitrogens with zero attached hydrogens (tertiary/aromatic N) is 2. The van der Waals surface area contributed by atoms with E-state index in [1.54, 1.807) is 4.57 Å². The second kappa shape index (κ2) is 4.48. The van der Waals surface area contributed by atoms with Crippen molar-refractivity contribution in [3.63, 3.8) is 0 Å². The van der Waals surface area contributed by atoms with Crippen molar-refractivity contribution in [3.05, 3.63) is 17.2 Å². The van der Waals surface area contributed by atoms with Gasteiger partial charge < -0.3 is 9.88 Å². The Balaban J connectivity index is 2.10. The van der Waals surface area contributed by atoms with Crippen LogP contribution in [0.1, 0.15) is 43.9 Å². The maximum Gasteiger partial charge on any atom is 0.411 e. The number of nitrogens with one attached hydrogen (secondary N) is 1. The summed E-state index contributed by atoms with van der Waals surface area (Å²) in [7, 11) is 0. The molecule has 6 heteroatoms. The second-order valence-electron chi connectivity index (χ2n) is 6.31. The molecule has 1 aliphatic heterocycles. The lowest BCUT2D eigenvalue weighted by molar-refractivity contribution is -0.181. The van der Waals surface area contributed by atoms with Crippen molar-refractivity contribution in [1.82, 2.24) is 14.9 Å². The van der Waals surface area contributed by atoms with Crippen molar-refractivity contribution in [2.45, 2.75) is 57.8 Å². The largest absolute Gasteiger partial charge is 0.411 e. The Morgan fingerprint density at radius 3 is 2.60 bits per heavy atom. The van der Waals surface area contributed by atoms with Gasteiger partial charge >= 0.3 is 6.18 Å². The summed E-state index contributed by atoms with van der Waals surface area (Å²) in [6.07, 6.45) is -2.56. The van der Waals surface area contributed by atoms with Crippen molar-refractivity contribution >= 4 is 0 Å². The normalized spacial score (nSPS) is 21.1. The molecule has 0 aromatic carbocycles. The molecule has 3 rings (SSSR count). The van der Waals surface area contributed by atoms with Crippen LogP contribution >= 0.6 is 0 Å². The van der Waals surface area contributed by atoms with Gasteiger partial charge in [-0.2, -0.15) is 13.2 Å². The first-order chi connectivity index (χ1) is 9.35. The molecule has 1 aromatic heterocycles. The standard InChI is InChI=1S/C14H20F3N3/c1-9(2)7-12-19-10-8-18-6-3-11(10)20(12)13(4-5-13)14(15,16)17/h9,18H,3-8H2,1-2H3. The van der Waals surface area contributed by atoms with E-state index in [1.807, 2.05) is 13.8 Å². The quantitative estimate of drug-likeness (QED) is 0.926. The average molecular weight is 287 g/mol. The topological polar surface area (TPSA) is 29.9 Å². The molecule has 1 N–H and O–H groups in total. The van der Waals surface area contributed by atoms with Gasteiger partial charge in [0, 0.05) is 31.6 Å². The van der Waals surface area contributed by atoms with Crippen LogP contribution in [-0.4, -0.2) is 22.3 Å². The predicted octanol–water partition coefficient (Wildman–Crippen LogP) is 2.78. The van der Waals surface area contributed by atoms with Gasteiger partial charge in [-0.3, -0.25) is 0 Å². The highest BCUT2D eigenvalue weighted by Gasteiger charge is 2.66. The van der Waals surface area contributed by atoms with E-state index in [2.05, 4.69) is 10.3 Å². The molecule has 0 bridgehead atoms. The number of alkyl halides is 3. The summed E-state index contributed by atoms with van der Waals surface area (Å²) in [5.74, 6) is 0.915. The van der Waals surface area contributed by atoms with Gasteiger partial charge in [0.25, 0.3) is 0 Å². The molecule has 112 valence electrons. The Hall–Kier alpha value is -1.04. The van der Waals surface area contributed by atoms with E-state index in [1.165, 1.54) is 0 Å². The van der Waals surface area contributed by atoms with Gasteiger partial charge in [0.05, 0.1) is 5.69 Å². The minimum atomic E-state index is -4.18. The number of fused-ring (bicyclic) bond motifs is 1. The smallest absolute Gasteiger partial charge is 0.316 e. The van der Waals surface area contributed by atoms with E-state index in [-0.39, 0.29) is 12.8 Å². The molecule has 0 unspecified atom stereocenters. The molecule has 2 aliphatic rings. The van der Waals surface area contributed by atoms with Crippen molar-refractivity contribution in [2.75, 3.05) is 6.54 Å². The Bertz CT molecular complexity index is 512. The van der Waals surface area contributed by atoms with E-state index in [0.717, 1.165) is 17.9 Å². The minimum absolute atomic E-state index is 0.192. The summed E-state index contributed by atoms with van der Waals surface area (Å²) in [6.45, 7) is 5.35. The lowest BCUT2D eigenvalue weighted by Crippen LogP contribution is -2.38. The summed E-state index contributed by atoms with van der Waals surface area (Å²) in [5, 5.41) is 3.19. The Morgan fingerprint density at radius 2 is 2.05 bits per heavy atom. The van der Waals surface area contributed by atoms with E-state index < -0.39 is 11.7 Å². The van der Waals surface area contributed by atoms with Gasteiger partial charge in [0.1, 0.15) is 11.4 Å². The van der Waals surface area contributed by atoms with Crippen molar-refractivity contribution in [3.8, 4) is 0 Å². The summed E-state index contributed by atoms with van der Waals surface area (Å²) >= 11 is 0. The SMILES string of the molecule is CC(C)Cc1nc2c(n1C1(C(F)(F)F)CC1)CCNC2. The Kier molecular flexibility index (Phi) is 3.12. The average Bonchev–Trinajstić information content (AvgIpc) is 3.05. The monoisotopic (exact) mass is 287 g/mol. The van der Waals surface area contributed by atoms with Gasteiger partial charge in [-0.1, -0.05) is 13.8 Å². The van der Waals surface area contributed by atoms with Crippen LogP contribution in [0.4, 0.5) is 13.2 Å². The second-order valence-corrected chi connectivity index (χ2v) is 6.31. The van der Waals surface area contributed by atoms with E-state index in [0.29, 0.717) is 31.1 Å². The number of aromatic nitrogens is 2. The number of hydrogen-bond acceptors (Lipinski definition) is 2. The molecule has 2 heterocycles. The molecule has 0 radical (unpaired) electrons. The predicted molar refractivity (Wildman–Crippen MR) is 69.4 cm³/mol. The summed E-state index contributed by atoms with van der Waals surface area (Å²) < 4.78 is 42.0. The molecule has 0 amide bonds. The van der Waals surface area contributed by atoms with Crippen molar-refractivity contribution in [1.29, 1.82) is 0 Å². The maximum absolute atomic E-state index is 13.5. The molecular weight excluding hydrogens is 267 g/mol. The molecule has 1 fully saturated rings. The first-order valence-electron chi connectivity index (χ1n) is 7.22. The molecule has 1 saturated carbocycles. The van der Waals surface area contributed by atoms with Crippen molar-refractivity contribution in [2.24, 2.45) is 5.92 Å². The van der Waals surface area contributed by atoms with Crippen LogP contribution in [0, 0.1) is 5.92 Å². The molecule has 20 heavy (non-hydrogen) atoms. The fourth-order valence-electron chi connectivity index (χ4n) is 3.13. The van der Waals surface area contributed by atoms with Crippen LogP contribution in [0.25, 0.3) is 0 Å². The fraction of sp³-hybridized carbons (Fsp3) is 0.786. The highest BCUT2D eigenvalue weighted by molar-refractivity contribution is 5.26. The molecular formula is C14H20F3N3. The number of hydrogen-bond donors (Lipinski definition) is 1. The number of halogens is 3. The van der Waals surface area contributed by atoms with Crippen LogP contribution in [-0.2, 0) is 24.9 Å². The molecule has 0 saturated heterocycles. The molecule has 0 atom stereocenters. The third-order valence-corrected chi connectivity index (χ3v) is 4.23. The number of imidazole rings is 1. The summed E-state index contributed by atoms with van der Waals surface area (Å²) in [5.41, 5.74) is -0.0635. The lowest BCUT2D eigenvalue weighted by Gasteiger charge is -2.27. The first-order valence-corrected chi connectivity index (χ1v) is 7.22. The maximum atomic E-state index is 13.5. The van der Waals surface area contributed by atoms with Crippen LogP contribution in [0.2, 0.25) is 0 Å². The zero-order valence-electron chi connectivity index (χ0n) is 11.8.